The maximum Gasteiger partial charge on any atom is 0.269 e. The van der Waals surface area contributed by atoms with Gasteiger partial charge in [-0.25, -0.2) is 0 Å². The molecule has 0 aliphatic rings. The van der Waals surface area contributed by atoms with Crippen LogP contribution in [0, 0.1) is 10.1 Å². The van der Waals surface area contributed by atoms with Crippen LogP contribution in [0.2, 0.25) is 0 Å². The number of nitrogens with zero attached hydrogens (tertiary/aromatic N) is 1. The molecule has 0 radical (unpaired) electrons. The van der Waals surface area contributed by atoms with Crippen molar-refractivity contribution in [2.24, 2.45) is 0 Å². The Balaban J connectivity index is 2.20. The van der Waals surface area contributed by atoms with E-state index in [9.17, 15) is 15.2 Å². The first-order chi connectivity index (χ1) is 8.56. The summed E-state index contributed by atoms with van der Waals surface area (Å²) in [6.45, 7) is 1.69. The molecule has 1 aromatic heterocycles. The van der Waals surface area contributed by atoms with Gasteiger partial charge in [-0.05, 0) is 31.2 Å². The van der Waals surface area contributed by atoms with Gasteiger partial charge in [0.2, 0.25) is 0 Å². The summed E-state index contributed by atoms with van der Waals surface area (Å²) in [5, 5.41) is 19.8. The number of nitro benzene ring substituents is 1. The van der Waals surface area contributed by atoms with Crippen LogP contribution >= 0.6 is 0 Å². The van der Waals surface area contributed by atoms with E-state index in [-0.39, 0.29) is 5.69 Å². The third kappa shape index (κ3) is 2.75. The molecule has 1 aromatic carbocycles. The van der Waals surface area contributed by atoms with Crippen LogP contribution in [0.15, 0.2) is 40.8 Å². The second-order valence-corrected chi connectivity index (χ2v) is 4.12. The average Bonchev–Trinajstić information content (AvgIpc) is 2.76. The van der Waals surface area contributed by atoms with Gasteiger partial charge in [0, 0.05) is 24.1 Å². The Bertz CT molecular complexity index is 542. The topological polar surface area (TPSA) is 76.5 Å². The van der Waals surface area contributed by atoms with Gasteiger partial charge in [-0.15, -0.1) is 0 Å². The number of nitro groups is 1. The van der Waals surface area contributed by atoms with E-state index in [1.165, 1.54) is 12.1 Å². The minimum Gasteiger partial charge on any atom is -0.461 e. The lowest BCUT2D eigenvalue weighted by Gasteiger charge is -2.00. The van der Waals surface area contributed by atoms with Gasteiger partial charge in [0.15, 0.2) is 0 Å². The molecule has 0 saturated carbocycles. The molecule has 0 aliphatic heterocycles. The molecule has 0 spiro atoms. The fraction of sp³-hybridized carbons (Fsp3) is 0.231. The third-order valence-corrected chi connectivity index (χ3v) is 2.52. The van der Waals surface area contributed by atoms with Gasteiger partial charge in [-0.3, -0.25) is 10.1 Å². The average molecular weight is 247 g/mol. The lowest BCUT2D eigenvalue weighted by Crippen LogP contribution is -2.02. The molecular formula is C13H13NO4. The maximum absolute atomic E-state index is 10.5. The van der Waals surface area contributed by atoms with Crippen molar-refractivity contribution in [2.75, 3.05) is 0 Å². The van der Waals surface area contributed by atoms with Crippen molar-refractivity contribution in [1.82, 2.24) is 0 Å². The van der Waals surface area contributed by atoms with Gasteiger partial charge >= 0.3 is 0 Å². The maximum atomic E-state index is 10.5. The van der Waals surface area contributed by atoms with Crippen LogP contribution in [0.25, 0.3) is 11.3 Å². The number of non-ortho nitro benzene ring substituents is 1. The van der Waals surface area contributed by atoms with Crippen molar-refractivity contribution in [2.45, 2.75) is 19.4 Å². The van der Waals surface area contributed by atoms with E-state index in [1.54, 1.807) is 31.2 Å². The molecular weight excluding hydrogens is 234 g/mol. The summed E-state index contributed by atoms with van der Waals surface area (Å²) in [7, 11) is 0. The molecule has 5 heteroatoms. The number of benzene rings is 1. The van der Waals surface area contributed by atoms with Crippen LogP contribution < -0.4 is 0 Å². The molecule has 2 aromatic rings. The molecule has 0 amide bonds. The minimum absolute atomic E-state index is 0.0505. The van der Waals surface area contributed by atoms with Crippen molar-refractivity contribution in [3.8, 4) is 11.3 Å². The standard InChI is InChI=1S/C13H13NO4/c1-9(15)8-12-6-7-13(18-12)10-2-4-11(5-3-10)14(16)17/h2-7,9,15H,8H2,1H3. The molecule has 94 valence electrons. The number of hydrogen-bond acceptors (Lipinski definition) is 4. The lowest BCUT2D eigenvalue weighted by atomic mass is 10.1. The highest BCUT2D eigenvalue weighted by atomic mass is 16.6. The van der Waals surface area contributed by atoms with Crippen LogP contribution in [-0.4, -0.2) is 16.1 Å². The Hall–Kier alpha value is -2.14. The molecule has 1 heterocycles. The first-order valence-corrected chi connectivity index (χ1v) is 5.58. The Labute approximate surface area is 104 Å². The summed E-state index contributed by atoms with van der Waals surface area (Å²) in [5.74, 6) is 1.33. The smallest absolute Gasteiger partial charge is 0.269 e. The number of aliphatic hydroxyl groups excluding tert-OH is 1. The van der Waals surface area contributed by atoms with E-state index in [0.717, 1.165) is 5.56 Å². The summed E-state index contributed by atoms with van der Waals surface area (Å²) in [6, 6.07) is 9.74. The third-order valence-electron chi connectivity index (χ3n) is 2.52. The molecule has 0 aliphatic carbocycles. The molecule has 5 nitrogen and oxygen atoms in total. The summed E-state index contributed by atoms with van der Waals surface area (Å²) < 4.78 is 5.55. The Kier molecular flexibility index (Phi) is 3.43. The molecule has 0 fully saturated rings. The van der Waals surface area contributed by atoms with Crippen LogP contribution in [-0.2, 0) is 6.42 Å². The summed E-state index contributed by atoms with van der Waals surface area (Å²) >= 11 is 0. The van der Waals surface area contributed by atoms with Crippen LogP contribution in [0.5, 0.6) is 0 Å². The van der Waals surface area contributed by atoms with Crippen molar-refractivity contribution < 1.29 is 14.4 Å². The molecule has 1 atom stereocenters. The molecule has 1 N–H and O–H groups in total. The highest BCUT2D eigenvalue weighted by Crippen LogP contribution is 2.24. The Morgan fingerprint density at radius 1 is 1.28 bits per heavy atom. The van der Waals surface area contributed by atoms with E-state index in [1.807, 2.05) is 0 Å². The second kappa shape index (κ2) is 5.01. The van der Waals surface area contributed by atoms with Gasteiger partial charge in [0.1, 0.15) is 11.5 Å². The fourth-order valence-corrected chi connectivity index (χ4v) is 1.68. The lowest BCUT2D eigenvalue weighted by molar-refractivity contribution is -0.384. The van der Waals surface area contributed by atoms with Crippen LogP contribution in [0.3, 0.4) is 0 Å². The van der Waals surface area contributed by atoms with E-state index in [2.05, 4.69) is 0 Å². The van der Waals surface area contributed by atoms with E-state index in [4.69, 9.17) is 4.42 Å². The first kappa shape index (κ1) is 12.3. The van der Waals surface area contributed by atoms with E-state index >= 15 is 0 Å². The Morgan fingerprint density at radius 2 is 1.94 bits per heavy atom. The van der Waals surface area contributed by atoms with Gasteiger partial charge in [0.05, 0.1) is 11.0 Å². The first-order valence-electron chi connectivity index (χ1n) is 5.58. The predicted molar refractivity (Wildman–Crippen MR) is 66.2 cm³/mol. The zero-order chi connectivity index (χ0) is 13.1. The molecule has 0 bridgehead atoms. The number of aliphatic hydroxyl groups is 1. The second-order valence-electron chi connectivity index (χ2n) is 4.12. The zero-order valence-electron chi connectivity index (χ0n) is 9.87. The molecule has 1 unspecified atom stereocenters. The summed E-state index contributed by atoms with van der Waals surface area (Å²) in [4.78, 5) is 10.1. The van der Waals surface area contributed by atoms with E-state index in [0.29, 0.717) is 17.9 Å². The highest BCUT2D eigenvalue weighted by Gasteiger charge is 2.09. The van der Waals surface area contributed by atoms with E-state index < -0.39 is 11.0 Å². The Morgan fingerprint density at radius 3 is 2.50 bits per heavy atom. The molecule has 0 saturated heterocycles. The van der Waals surface area contributed by atoms with Crippen molar-refractivity contribution in [3.05, 3.63) is 52.3 Å². The zero-order valence-corrected chi connectivity index (χ0v) is 9.87. The van der Waals surface area contributed by atoms with Gasteiger partial charge in [-0.1, -0.05) is 0 Å². The molecule has 2 rings (SSSR count). The van der Waals surface area contributed by atoms with Crippen molar-refractivity contribution in [3.63, 3.8) is 0 Å². The van der Waals surface area contributed by atoms with Crippen molar-refractivity contribution >= 4 is 5.69 Å². The fourth-order valence-electron chi connectivity index (χ4n) is 1.68. The van der Waals surface area contributed by atoms with Gasteiger partial charge in [-0.2, -0.15) is 0 Å². The normalized spacial score (nSPS) is 12.3. The van der Waals surface area contributed by atoms with Gasteiger partial charge in [0.25, 0.3) is 5.69 Å². The quantitative estimate of drug-likeness (QED) is 0.665. The van der Waals surface area contributed by atoms with Crippen LogP contribution in [0.1, 0.15) is 12.7 Å². The summed E-state index contributed by atoms with van der Waals surface area (Å²) in [6.07, 6.45) is -0.00617. The highest BCUT2D eigenvalue weighted by molar-refractivity contribution is 5.59. The monoisotopic (exact) mass is 247 g/mol. The predicted octanol–water partition coefficient (Wildman–Crippen LogP) is 2.78. The SMILES string of the molecule is CC(O)Cc1ccc(-c2ccc([N+](=O)[O-])cc2)o1. The molecule has 18 heavy (non-hydrogen) atoms. The minimum atomic E-state index is -0.458. The number of rotatable bonds is 4. The van der Waals surface area contributed by atoms with Crippen LogP contribution in [0.4, 0.5) is 5.69 Å². The number of hydrogen-bond donors (Lipinski definition) is 1. The largest absolute Gasteiger partial charge is 0.461 e. The van der Waals surface area contributed by atoms with Gasteiger partial charge < -0.3 is 9.52 Å². The summed E-state index contributed by atoms with van der Waals surface area (Å²) in [5.41, 5.74) is 0.826. The van der Waals surface area contributed by atoms with Crippen molar-refractivity contribution in [1.29, 1.82) is 0 Å². The number of furan rings is 1.